The molecule has 0 aromatic rings. The Morgan fingerprint density at radius 2 is 1.59 bits per heavy atom. The predicted molar refractivity (Wildman–Crippen MR) is 173 cm³/mol. The van der Waals surface area contributed by atoms with E-state index in [0.717, 1.165) is 19.3 Å². The molecular weight excluding hydrogens is 541 g/mol. The van der Waals surface area contributed by atoms with Gasteiger partial charge < -0.3 is 13.6 Å². The summed E-state index contributed by atoms with van der Waals surface area (Å²) in [5, 5.41) is 0.139. The van der Waals surface area contributed by atoms with Gasteiger partial charge in [-0.15, -0.1) is 0 Å². The van der Waals surface area contributed by atoms with Crippen molar-refractivity contribution in [1.29, 1.82) is 0 Å². The molecule has 0 aromatic carbocycles. The average Bonchev–Trinajstić information content (AvgIpc) is 3.57. The van der Waals surface area contributed by atoms with Crippen LogP contribution >= 0.6 is 0 Å². The zero-order valence-electron chi connectivity index (χ0n) is 28.3. The lowest BCUT2D eigenvalue weighted by molar-refractivity contribution is -0.156. The zero-order chi connectivity index (χ0) is 30.3. The number of rotatable bonds is 9. The first kappa shape index (κ1) is 31.6. The van der Waals surface area contributed by atoms with Crippen LogP contribution in [0.2, 0.25) is 34.8 Å². The molecule has 4 bridgehead atoms. The number of hydrogen-bond donors (Lipinski definition) is 0. The van der Waals surface area contributed by atoms with E-state index >= 15 is 0 Å². The smallest absolute Gasteiger partial charge is 0.309 e. The molecule has 1 spiro atoms. The molecule has 3 fully saturated rings. The van der Waals surface area contributed by atoms with Crippen LogP contribution in [-0.4, -0.2) is 35.3 Å². The molecule has 5 aliphatic carbocycles. The van der Waals surface area contributed by atoms with E-state index in [4.69, 9.17) is 13.6 Å². The first-order valence-corrected chi connectivity index (χ1v) is 22.0. The molecule has 0 aliphatic heterocycles. The molecule has 7 atom stereocenters. The summed E-state index contributed by atoms with van der Waals surface area (Å²) in [5.74, 6) is 3.21. The largest absolute Gasteiger partial charge is 0.547 e. The summed E-state index contributed by atoms with van der Waals surface area (Å²) in [6.07, 6.45) is 10.8. The minimum atomic E-state index is -2.12. The molecule has 5 aliphatic rings. The first-order chi connectivity index (χ1) is 19.0. The normalized spacial score (nSPS) is 34.1. The second-order valence-corrected chi connectivity index (χ2v) is 26.9. The molecule has 0 N–H and O–H groups in total. The molecular formula is C35H60O4Si2. The second-order valence-electron chi connectivity index (χ2n) is 16.7. The van der Waals surface area contributed by atoms with Crippen molar-refractivity contribution in [3.8, 4) is 0 Å². The SMILES string of the molecule is CCOC(=O)[C@H]1CCC(O[Si](C)(C)C(C)(C)C)=C2C[C@H]3[C@H](O[Si](C(C)C)(C(C)C)C(C)C)[C@H]([C@H]21)[C@@H]1C=C[C@H]3C12CC2. The molecule has 0 radical (unpaired) electrons. The van der Waals surface area contributed by atoms with Crippen molar-refractivity contribution in [1.82, 2.24) is 0 Å². The van der Waals surface area contributed by atoms with Crippen LogP contribution in [0.1, 0.15) is 101 Å². The number of allylic oxidation sites excluding steroid dienone is 4. The molecule has 0 unspecified atom stereocenters. The highest BCUT2D eigenvalue weighted by atomic mass is 28.4. The summed E-state index contributed by atoms with van der Waals surface area (Å²) >= 11 is 0. The third-order valence-corrected chi connectivity index (χ3v) is 23.4. The summed E-state index contributed by atoms with van der Waals surface area (Å²) < 4.78 is 20.9. The topological polar surface area (TPSA) is 44.8 Å². The van der Waals surface area contributed by atoms with Gasteiger partial charge >= 0.3 is 5.97 Å². The Balaban J connectivity index is 1.65. The summed E-state index contributed by atoms with van der Waals surface area (Å²) in [4.78, 5) is 13.7. The van der Waals surface area contributed by atoms with E-state index in [9.17, 15) is 4.79 Å². The van der Waals surface area contributed by atoms with Crippen molar-refractivity contribution < 1.29 is 18.4 Å². The number of carbonyl (C=O) groups is 1. The number of hydrogen-bond acceptors (Lipinski definition) is 4. The molecule has 0 aromatic heterocycles. The molecule has 0 heterocycles. The van der Waals surface area contributed by atoms with Crippen molar-refractivity contribution in [2.24, 2.45) is 40.9 Å². The van der Waals surface area contributed by atoms with E-state index in [1.54, 1.807) is 0 Å². The maximum Gasteiger partial charge on any atom is 0.309 e. The van der Waals surface area contributed by atoms with Crippen molar-refractivity contribution in [2.45, 2.75) is 142 Å². The Morgan fingerprint density at radius 1 is 1.00 bits per heavy atom. The third kappa shape index (κ3) is 4.79. The van der Waals surface area contributed by atoms with Crippen LogP contribution in [-0.2, 0) is 18.4 Å². The van der Waals surface area contributed by atoms with E-state index < -0.39 is 16.6 Å². The van der Waals surface area contributed by atoms with Gasteiger partial charge in [-0.25, -0.2) is 0 Å². The van der Waals surface area contributed by atoms with E-state index in [1.165, 1.54) is 24.2 Å². The van der Waals surface area contributed by atoms with Gasteiger partial charge in [-0.2, -0.15) is 0 Å². The minimum absolute atomic E-state index is 0.00705. The minimum Gasteiger partial charge on any atom is -0.547 e. The fraction of sp³-hybridized carbons (Fsp3) is 0.857. The first-order valence-electron chi connectivity index (χ1n) is 17.0. The van der Waals surface area contributed by atoms with E-state index in [0.29, 0.717) is 52.3 Å². The quantitative estimate of drug-likeness (QED) is 0.150. The molecule has 41 heavy (non-hydrogen) atoms. The zero-order valence-corrected chi connectivity index (χ0v) is 30.3. The molecule has 3 saturated carbocycles. The molecule has 0 saturated heterocycles. The molecule has 5 rings (SSSR count). The van der Waals surface area contributed by atoms with Gasteiger partial charge in [0.25, 0.3) is 0 Å². The highest BCUT2D eigenvalue weighted by molar-refractivity contribution is 6.77. The van der Waals surface area contributed by atoms with E-state index in [-0.39, 0.29) is 28.9 Å². The van der Waals surface area contributed by atoms with Crippen LogP contribution in [0.5, 0.6) is 0 Å². The number of fused-ring (bicyclic) bond motifs is 6. The van der Waals surface area contributed by atoms with Crippen LogP contribution in [0.3, 0.4) is 0 Å². The lowest BCUT2D eigenvalue weighted by Gasteiger charge is -2.60. The van der Waals surface area contributed by atoms with E-state index in [1.807, 2.05) is 6.92 Å². The Kier molecular flexibility index (Phi) is 8.20. The fourth-order valence-corrected chi connectivity index (χ4v) is 16.8. The Morgan fingerprint density at radius 3 is 2.10 bits per heavy atom. The van der Waals surface area contributed by atoms with Crippen LogP contribution in [0.4, 0.5) is 0 Å². The van der Waals surface area contributed by atoms with Gasteiger partial charge in [-0.05, 0) is 102 Å². The molecule has 4 nitrogen and oxygen atoms in total. The average molecular weight is 601 g/mol. The monoisotopic (exact) mass is 600 g/mol. The van der Waals surface area contributed by atoms with Crippen molar-refractivity contribution in [3.05, 3.63) is 23.5 Å². The highest BCUT2D eigenvalue weighted by Crippen LogP contribution is 2.74. The van der Waals surface area contributed by atoms with Gasteiger partial charge in [0.15, 0.2) is 0 Å². The van der Waals surface area contributed by atoms with Gasteiger partial charge in [0.1, 0.15) is 0 Å². The van der Waals surface area contributed by atoms with Gasteiger partial charge in [0, 0.05) is 12.3 Å². The summed E-state index contributed by atoms with van der Waals surface area (Å²) in [6.45, 7) is 28.6. The van der Waals surface area contributed by atoms with Crippen molar-refractivity contribution in [2.75, 3.05) is 6.61 Å². The molecule has 6 heteroatoms. The predicted octanol–water partition coefficient (Wildman–Crippen LogP) is 9.64. The van der Waals surface area contributed by atoms with Crippen LogP contribution in [0, 0.1) is 40.9 Å². The fourth-order valence-electron chi connectivity index (χ4n) is 10.1. The van der Waals surface area contributed by atoms with Gasteiger partial charge in [-0.1, -0.05) is 74.5 Å². The van der Waals surface area contributed by atoms with Gasteiger partial charge in [0.05, 0.1) is 24.4 Å². The number of carbonyl (C=O) groups excluding carboxylic acids is 1. The maximum atomic E-state index is 13.7. The number of esters is 1. The number of ether oxygens (including phenoxy) is 1. The Bertz CT molecular complexity index is 1050. The molecule has 232 valence electrons. The summed E-state index contributed by atoms with van der Waals surface area (Å²) in [7, 11) is -4.14. The van der Waals surface area contributed by atoms with Crippen LogP contribution in [0.15, 0.2) is 23.5 Å². The Labute approximate surface area is 253 Å². The lowest BCUT2D eigenvalue weighted by Crippen LogP contribution is -2.62. The lowest BCUT2D eigenvalue weighted by atomic mass is 9.49. The van der Waals surface area contributed by atoms with Crippen LogP contribution < -0.4 is 0 Å². The molecule has 0 amide bonds. The Hall–Kier alpha value is -0.856. The van der Waals surface area contributed by atoms with Crippen LogP contribution in [0.25, 0.3) is 0 Å². The van der Waals surface area contributed by atoms with Crippen molar-refractivity contribution in [3.63, 3.8) is 0 Å². The van der Waals surface area contributed by atoms with Gasteiger partial charge in [0.2, 0.25) is 16.6 Å². The third-order valence-electron chi connectivity index (χ3n) is 12.9. The maximum absolute atomic E-state index is 13.7. The standard InChI is InChI=1S/C35H60O4Si2/c1-13-37-33(36)24-14-17-29(38-40(11,12)34(8,9)10)26-20-25-27-15-16-28(35(27)18-19-35)31(30(24)26)32(25)39-41(21(2)3,22(4)5)23(6)7/h15-16,21-25,27-28,30-32H,13-14,17-20H2,1-12H3/t24-,25+,27+,28-,30-,31-,32-/m0/s1. The van der Waals surface area contributed by atoms with E-state index in [2.05, 4.69) is 87.6 Å². The summed E-state index contributed by atoms with van der Waals surface area (Å²) in [6, 6.07) is 0. The van der Waals surface area contributed by atoms with Gasteiger partial charge in [-0.3, -0.25) is 4.79 Å². The second kappa shape index (κ2) is 10.6. The summed E-state index contributed by atoms with van der Waals surface area (Å²) in [5.41, 5.74) is 3.52. The van der Waals surface area contributed by atoms with Crippen molar-refractivity contribution >= 4 is 22.6 Å². The highest BCUT2D eigenvalue weighted by Gasteiger charge is 2.70.